The minimum Gasteiger partial charge on any atom is -0.480 e. The summed E-state index contributed by atoms with van der Waals surface area (Å²) in [6, 6.07) is 4.68. The molecule has 1 amide bonds. The first-order valence-electron chi connectivity index (χ1n) is 7.50. The monoisotopic (exact) mass is 296 g/mol. The number of rotatable bonds is 9. The summed E-state index contributed by atoms with van der Waals surface area (Å²) in [5, 5.41) is 2.73. The van der Waals surface area contributed by atoms with E-state index in [0.29, 0.717) is 18.5 Å². The van der Waals surface area contributed by atoms with Crippen LogP contribution in [-0.2, 0) is 11.2 Å². The molecular formula is C16H25FN2O2. The van der Waals surface area contributed by atoms with Gasteiger partial charge < -0.3 is 15.8 Å². The highest BCUT2D eigenvalue weighted by atomic mass is 19.1. The van der Waals surface area contributed by atoms with Gasteiger partial charge in [0.2, 0.25) is 0 Å². The van der Waals surface area contributed by atoms with Gasteiger partial charge in [0.15, 0.2) is 18.2 Å². The topological polar surface area (TPSA) is 64.3 Å². The van der Waals surface area contributed by atoms with Crippen molar-refractivity contribution < 1.29 is 13.9 Å². The van der Waals surface area contributed by atoms with Crippen LogP contribution in [0, 0.1) is 5.82 Å². The van der Waals surface area contributed by atoms with Gasteiger partial charge in [-0.2, -0.15) is 0 Å². The maximum atomic E-state index is 13.9. The fourth-order valence-corrected chi connectivity index (χ4v) is 1.90. The van der Waals surface area contributed by atoms with Crippen LogP contribution in [-0.4, -0.2) is 25.1 Å². The highest BCUT2D eigenvalue weighted by Crippen LogP contribution is 2.24. The number of ether oxygens (including phenoxy) is 1. The first kappa shape index (κ1) is 17.4. The Bertz CT molecular complexity index is 452. The van der Waals surface area contributed by atoms with E-state index in [0.717, 1.165) is 19.3 Å². The molecule has 0 bridgehead atoms. The zero-order valence-corrected chi connectivity index (χ0v) is 12.8. The van der Waals surface area contributed by atoms with Crippen LogP contribution in [0.2, 0.25) is 0 Å². The van der Waals surface area contributed by atoms with E-state index in [-0.39, 0.29) is 24.3 Å². The van der Waals surface area contributed by atoms with Gasteiger partial charge in [-0.3, -0.25) is 4.79 Å². The number of amides is 1. The maximum absolute atomic E-state index is 13.9. The number of carbonyl (C=O) groups is 1. The lowest BCUT2D eigenvalue weighted by Crippen LogP contribution is -2.30. The lowest BCUT2D eigenvalue weighted by molar-refractivity contribution is -0.123. The van der Waals surface area contributed by atoms with Crippen LogP contribution in [0.1, 0.15) is 38.7 Å². The summed E-state index contributed by atoms with van der Waals surface area (Å²) in [4.78, 5) is 11.6. The van der Waals surface area contributed by atoms with Gasteiger partial charge in [-0.25, -0.2) is 4.39 Å². The summed E-state index contributed by atoms with van der Waals surface area (Å²) in [6.07, 6.45) is 3.25. The first-order chi connectivity index (χ1) is 10.1. The molecule has 0 aliphatic carbocycles. The number of nitrogens with one attached hydrogen (secondary N) is 1. The van der Waals surface area contributed by atoms with Crippen molar-refractivity contribution >= 4 is 5.91 Å². The molecular weight excluding hydrogens is 271 g/mol. The average molecular weight is 296 g/mol. The van der Waals surface area contributed by atoms with Crippen LogP contribution in [0.15, 0.2) is 18.2 Å². The van der Waals surface area contributed by atoms with Crippen LogP contribution in [0.25, 0.3) is 0 Å². The van der Waals surface area contributed by atoms with E-state index < -0.39 is 5.82 Å². The van der Waals surface area contributed by atoms with Crippen LogP contribution >= 0.6 is 0 Å². The molecule has 0 saturated carbocycles. The first-order valence-corrected chi connectivity index (χ1v) is 7.50. The molecule has 1 rings (SSSR count). The molecule has 0 aliphatic heterocycles. The molecule has 21 heavy (non-hydrogen) atoms. The summed E-state index contributed by atoms with van der Waals surface area (Å²) in [6.45, 7) is 4.46. The number of carbonyl (C=O) groups excluding carboxylic acids is 1. The molecule has 0 aliphatic rings. The van der Waals surface area contributed by atoms with Gasteiger partial charge in [0.25, 0.3) is 5.91 Å². The molecule has 5 heteroatoms. The van der Waals surface area contributed by atoms with E-state index in [9.17, 15) is 9.18 Å². The lowest BCUT2D eigenvalue weighted by atomic mass is 10.0. The predicted molar refractivity (Wildman–Crippen MR) is 81.8 cm³/mol. The van der Waals surface area contributed by atoms with Gasteiger partial charge in [-0.05, 0) is 30.9 Å². The Labute approximate surface area is 125 Å². The molecule has 4 nitrogen and oxygen atoms in total. The van der Waals surface area contributed by atoms with Crippen LogP contribution in [0.4, 0.5) is 4.39 Å². The Morgan fingerprint density at radius 1 is 1.43 bits per heavy atom. The van der Waals surface area contributed by atoms with Crippen molar-refractivity contribution in [2.75, 3.05) is 13.2 Å². The van der Waals surface area contributed by atoms with Crippen molar-refractivity contribution in [3.63, 3.8) is 0 Å². The van der Waals surface area contributed by atoms with Crippen LogP contribution < -0.4 is 15.8 Å². The van der Waals surface area contributed by atoms with E-state index in [2.05, 4.69) is 5.32 Å². The number of nitrogens with two attached hydrogens (primary N) is 1. The predicted octanol–water partition coefficient (Wildman–Crippen LogP) is 2.40. The highest BCUT2D eigenvalue weighted by Gasteiger charge is 2.13. The molecule has 0 heterocycles. The summed E-state index contributed by atoms with van der Waals surface area (Å²) in [5.74, 6) is -0.568. The van der Waals surface area contributed by atoms with Crippen molar-refractivity contribution in [1.29, 1.82) is 0 Å². The Kier molecular flexibility index (Phi) is 7.75. The third-order valence-corrected chi connectivity index (χ3v) is 3.26. The molecule has 118 valence electrons. The number of hydrogen-bond donors (Lipinski definition) is 2. The summed E-state index contributed by atoms with van der Waals surface area (Å²) in [5.41, 5.74) is 6.60. The SMILES string of the molecule is CCCCNC(=O)COc1c(F)cccc1CC(N)CC. The quantitative estimate of drug-likeness (QED) is 0.688. The normalized spacial score (nSPS) is 12.0. The minimum absolute atomic E-state index is 0.0486. The fourth-order valence-electron chi connectivity index (χ4n) is 1.90. The number of unbranched alkanes of at least 4 members (excludes halogenated alkanes) is 1. The van der Waals surface area contributed by atoms with E-state index in [1.807, 2.05) is 13.8 Å². The van der Waals surface area contributed by atoms with Gasteiger partial charge in [-0.15, -0.1) is 0 Å². The maximum Gasteiger partial charge on any atom is 0.257 e. The molecule has 0 fully saturated rings. The van der Waals surface area contributed by atoms with Gasteiger partial charge in [-0.1, -0.05) is 32.4 Å². The second-order valence-electron chi connectivity index (χ2n) is 5.09. The van der Waals surface area contributed by atoms with E-state index in [4.69, 9.17) is 10.5 Å². The van der Waals surface area contributed by atoms with Gasteiger partial charge in [0, 0.05) is 12.6 Å². The number of halogens is 1. The zero-order valence-electron chi connectivity index (χ0n) is 12.8. The van der Waals surface area contributed by atoms with E-state index >= 15 is 0 Å². The number of para-hydroxylation sites is 1. The second-order valence-corrected chi connectivity index (χ2v) is 5.09. The molecule has 3 N–H and O–H groups in total. The van der Waals surface area contributed by atoms with Crippen molar-refractivity contribution in [2.24, 2.45) is 5.73 Å². The number of benzene rings is 1. The third kappa shape index (κ3) is 6.12. The minimum atomic E-state index is -0.461. The summed E-state index contributed by atoms with van der Waals surface area (Å²) >= 11 is 0. The second kappa shape index (κ2) is 9.34. The number of hydrogen-bond acceptors (Lipinski definition) is 3. The third-order valence-electron chi connectivity index (χ3n) is 3.26. The molecule has 1 atom stereocenters. The highest BCUT2D eigenvalue weighted by molar-refractivity contribution is 5.77. The van der Waals surface area contributed by atoms with Gasteiger partial charge >= 0.3 is 0 Å². The smallest absolute Gasteiger partial charge is 0.257 e. The molecule has 1 aromatic carbocycles. The fraction of sp³-hybridized carbons (Fsp3) is 0.562. The largest absolute Gasteiger partial charge is 0.480 e. The Morgan fingerprint density at radius 3 is 2.86 bits per heavy atom. The Morgan fingerprint density at radius 2 is 2.19 bits per heavy atom. The van der Waals surface area contributed by atoms with Gasteiger partial charge in [0.05, 0.1) is 0 Å². The molecule has 1 aromatic rings. The lowest BCUT2D eigenvalue weighted by Gasteiger charge is -2.15. The van der Waals surface area contributed by atoms with Gasteiger partial charge in [0.1, 0.15) is 0 Å². The molecule has 0 aromatic heterocycles. The van der Waals surface area contributed by atoms with Crippen LogP contribution in [0.5, 0.6) is 5.75 Å². The average Bonchev–Trinajstić information content (AvgIpc) is 2.46. The zero-order chi connectivity index (χ0) is 15.7. The Hall–Kier alpha value is -1.62. The van der Waals surface area contributed by atoms with Crippen molar-refractivity contribution in [2.45, 2.75) is 45.6 Å². The Balaban J connectivity index is 2.62. The summed E-state index contributed by atoms with van der Waals surface area (Å²) < 4.78 is 19.2. The molecule has 1 unspecified atom stereocenters. The summed E-state index contributed by atoms with van der Waals surface area (Å²) in [7, 11) is 0. The molecule has 0 spiro atoms. The van der Waals surface area contributed by atoms with E-state index in [1.54, 1.807) is 12.1 Å². The molecule has 0 saturated heterocycles. The van der Waals surface area contributed by atoms with Crippen LogP contribution in [0.3, 0.4) is 0 Å². The van der Waals surface area contributed by atoms with Crippen molar-refractivity contribution in [1.82, 2.24) is 5.32 Å². The standard InChI is InChI=1S/C16H25FN2O2/c1-3-5-9-19-15(20)11-21-16-12(10-13(18)4-2)7-6-8-14(16)17/h6-8,13H,3-5,9-11,18H2,1-2H3,(H,19,20). The molecule has 0 radical (unpaired) electrons. The van der Waals surface area contributed by atoms with Crippen molar-refractivity contribution in [3.8, 4) is 5.75 Å². The van der Waals surface area contributed by atoms with Crippen molar-refractivity contribution in [3.05, 3.63) is 29.6 Å². The van der Waals surface area contributed by atoms with E-state index in [1.165, 1.54) is 6.07 Å².